The first-order valence-corrected chi connectivity index (χ1v) is 14.2. The molecular weight excluding hydrogens is 523 g/mol. The van der Waals surface area contributed by atoms with Crippen molar-refractivity contribution in [2.75, 3.05) is 30.8 Å². The molecule has 4 rings (SSSR count). The Labute approximate surface area is 211 Å². The Hall–Kier alpha value is -1.61. The van der Waals surface area contributed by atoms with Crippen LogP contribution < -0.4 is 4.90 Å². The zero-order valence-electron chi connectivity index (χ0n) is 17.6. The second kappa shape index (κ2) is 9.94. The lowest BCUT2D eigenvalue weighted by molar-refractivity contribution is 0.352. The highest BCUT2D eigenvalue weighted by Gasteiger charge is 2.33. The van der Waals surface area contributed by atoms with Crippen LogP contribution in [-0.2, 0) is 20.8 Å². The van der Waals surface area contributed by atoms with Gasteiger partial charge in [-0.2, -0.15) is 0 Å². The zero-order chi connectivity index (χ0) is 23.8. The third-order valence-corrected chi connectivity index (χ3v) is 9.10. The highest BCUT2D eigenvalue weighted by Crippen LogP contribution is 2.37. The van der Waals surface area contributed by atoms with Crippen molar-refractivity contribution < 1.29 is 12.6 Å². The molecule has 10 heteroatoms. The maximum Gasteiger partial charge on any atom is 0.176 e. The van der Waals surface area contributed by atoms with Gasteiger partial charge in [0.25, 0.3) is 0 Å². The number of halogens is 3. The molecule has 1 heterocycles. The number of hydrogen-bond acceptors (Lipinski definition) is 4. The summed E-state index contributed by atoms with van der Waals surface area (Å²) < 4.78 is 39.9. The van der Waals surface area contributed by atoms with Crippen LogP contribution in [0.15, 0.2) is 76.5 Å². The maximum atomic E-state index is 13.5. The fraction of sp³-hybridized carbons (Fsp3) is 0.217. The Bertz CT molecular complexity index is 1300. The van der Waals surface area contributed by atoms with E-state index in [4.69, 9.17) is 34.8 Å². The van der Waals surface area contributed by atoms with E-state index in [0.29, 0.717) is 34.7 Å². The van der Waals surface area contributed by atoms with Gasteiger partial charge in [0.2, 0.25) is 0 Å². The highest BCUT2D eigenvalue weighted by molar-refractivity contribution is 7.91. The lowest BCUT2D eigenvalue weighted by atomic mass is 10.0. The molecule has 1 saturated heterocycles. The van der Waals surface area contributed by atoms with Crippen LogP contribution in [0.25, 0.3) is 0 Å². The maximum absolute atomic E-state index is 13.5. The van der Waals surface area contributed by atoms with Crippen molar-refractivity contribution in [1.82, 2.24) is 4.31 Å². The molecule has 174 valence electrons. The van der Waals surface area contributed by atoms with Gasteiger partial charge in [-0.3, -0.25) is 0 Å². The van der Waals surface area contributed by atoms with Crippen LogP contribution >= 0.6 is 34.8 Å². The second-order valence-corrected chi connectivity index (χ2v) is 12.4. The van der Waals surface area contributed by atoms with Crippen molar-refractivity contribution in [2.24, 2.45) is 0 Å². The molecule has 0 saturated carbocycles. The third-order valence-electron chi connectivity index (χ3n) is 5.49. The van der Waals surface area contributed by atoms with Crippen molar-refractivity contribution in [3.63, 3.8) is 0 Å². The molecular formula is C23H21Cl3N2O3S2. The normalized spacial score (nSPS) is 18.3. The summed E-state index contributed by atoms with van der Waals surface area (Å²) in [6.45, 7) is 1.38. The van der Waals surface area contributed by atoms with Crippen LogP contribution in [0, 0.1) is 0 Å². The van der Waals surface area contributed by atoms with Crippen LogP contribution in [-0.4, -0.2) is 42.8 Å². The van der Waals surface area contributed by atoms with Gasteiger partial charge >= 0.3 is 0 Å². The number of hydrogen-bond donors (Lipinski definition) is 0. The van der Waals surface area contributed by atoms with Crippen molar-refractivity contribution in [3.8, 4) is 0 Å². The number of piperazine rings is 1. The molecule has 2 atom stereocenters. The molecule has 1 fully saturated rings. The van der Waals surface area contributed by atoms with E-state index in [1.807, 2.05) is 30.3 Å². The molecule has 0 spiro atoms. The second-order valence-electron chi connectivity index (χ2n) is 7.71. The molecule has 3 aromatic carbocycles. The van der Waals surface area contributed by atoms with Gasteiger partial charge in [-0.1, -0.05) is 59.1 Å². The minimum Gasteiger partial charge on any atom is -0.361 e. The molecule has 2 unspecified atom stereocenters. The van der Waals surface area contributed by atoms with Crippen LogP contribution in [0.1, 0.15) is 11.6 Å². The van der Waals surface area contributed by atoms with E-state index in [2.05, 4.69) is 4.90 Å². The summed E-state index contributed by atoms with van der Waals surface area (Å²) in [5, 5.41) is 1.69. The minimum atomic E-state index is -3.53. The quantitative estimate of drug-likeness (QED) is 0.418. The van der Waals surface area contributed by atoms with Crippen LogP contribution in [0.4, 0.5) is 5.69 Å². The van der Waals surface area contributed by atoms with E-state index in [1.54, 1.807) is 34.6 Å². The fourth-order valence-corrected chi connectivity index (χ4v) is 7.23. The van der Waals surface area contributed by atoms with Crippen LogP contribution in [0.3, 0.4) is 0 Å². The molecule has 1 aliphatic rings. The van der Waals surface area contributed by atoms with E-state index in [-0.39, 0.29) is 15.8 Å². The molecule has 1 aliphatic heterocycles. The minimum absolute atomic E-state index is 0.0783. The lowest BCUT2D eigenvalue weighted by Gasteiger charge is -2.42. The zero-order valence-corrected chi connectivity index (χ0v) is 21.5. The summed E-state index contributed by atoms with van der Waals surface area (Å²) in [4.78, 5) is 2.51. The molecule has 0 aliphatic carbocycles. The van der Waals surface area contributed by atoms with E-state index in [0.717, 1.165) is 17.5 Å². The molecule has 0 aromatic heterocycles. The number of nitrogens with zero attached hydrogens (tertiary/aromatic N) is 2. The van der Waals surface area contributed by atoms with E-state index < -0.39 is 20.8 Å². The van der Waals surface area contributed by atoms with Gasteiger partial charge in [-0.15, -0.1) is 0 Å². The standard InChI is InChI=1S/C23H21Cl3N2O3S2/c1-33(30,31)23-5-3-2-4-22(23)32(29)27-12-13-28(20-11-10-18(25)14-19(20)26)21(15-27)16-6-8-17(24)9-7-16/h2-11,14,21H,12-13,15H2,1H3. The van der Waals surface area contributed by atoms with Crippen LogP contribution in [0.2, 0.25) is 15.1 Å². The molecule has 33 heavy (non-hydrogen) atoms. The van der Waals surface area contributed by atoms with E-state index in [9.17, 15) is 12.6 Å². The smallest absolute Gasteiger partial charge is 0.176 e. The number of benzene rings is 3. The van der Waals surface area contributed by atoms with Gasteiger partial charge in [0, 0.05) is 35.9 Å². The summed E-state index contributed by atoms with van der Waals surface area (Å²) in [7, 11) is -5.19. The Balaban J connectivity index is 1.71. The molecule has 0 radical (unpaired) electrons. The topological polar surface area (TPSA) is 57.7 Å². The molecule has 0 amide bonds. The monoisotopic (exact) mass is 542 g/mol. The first-order valence-electron chi connectivity index (χ1n) is 10.1. The Kier molecular flexibility index (Phi) is 7.38. The van der Waals surface area contributed by atoms with Crippen molar-refractivity contribution in [2.45, 2.75) is 15.8 Å². The first-order chi connectivity index (χ1) is 15.6. The molecule has 0 bridgehead atoms. The highest BCUT2D eigenvalue weighted by atomic mass is 35.5. The van der Waals surface area contributed by atoms with Crippen molar-refractivity contribution in [3.05, 3.63) is 87.4 Å². The Morgan fingerprint density at radius 2 is 1.58 bits per heavy atom. The predicted octanol–water partition coefficient (Wildman–Crippen LogP) is 5.64. The van der Waals surface area contributed by atoms with Crippen molar-refractivity contribution in [1.29, 1.82) is 0 Å². The fourth-order valence-electron chi connectivity index (χ4n) is 3.92. The predicted molar refractivity (Wildman–Crippen MR) is 136 cm³/mol. The van der Waals surface area contributed by atoms with Gasteiger partial charge in [-0.25, -0.2) is 16.9 Å². The summed E-state index contributed by atoms with van der Waals surface area (Å²) >= 11 is 18.7. The number of rotatable bonds is 5. The van der Waals surface area contributed by atoms with Crippen LogP contribution in [0.5, 0.6) is 0 Å². The van der Waals surface area contributed by atoms with Crippen molar-refractivity contribution >= 4 is 61.3 Å². The van der Waals surface area contributed by atoms with Gasteiger partial charge in [0.05, 0.1) is 26.5 Å². The Morgan fingerprint density at radius 3 is 2.24 bits per heavy atom. The summed E-state index contributed by atoms with van der Waals surface area (Å²) in [5.74, 6) is 0. The average molecular weight is 544 g/mol. The Morgan fingerprint density at radius 1 is 0.909 bits per heavy atom. The number of sulfone groups is 1. The van der Waals surface area contributed by atoms with E-state index in [1.165, 1.54) is 6.07 Å². The van der Waals surface area contributed by atoms with Gasteiger partial charge in [-0.05, 0) is 48.0 Å². The largest absolute Gasteiger partial charge is 0.361 e. The summed E-state index contributed by atoms with van der Waals surface area (Å²) in [6.07, 6.45) is 1.13. The van der Waals surface area contributed by atoms with Gasteiger partial charge in [0.15, 0.2) is 9.84 Å². The SMILES string of the molecule is CS(=O)(=O)c1ccccc1S(=O)N1CCN(c2ccc(Cl)cc2Cl)C(c2ccc(Cl)cc2)C1. The van der Waals surface area contributed by atoms with Gasteiger partial charge < -0.3 is 4.90 Å². The summed E-state index contributed by atoms with van der Waals surface area (Å²) in [6, 6.07) is 19.1. The van der Waals surface area contributed by atoms with E-state index >= 15 is 0 Å². The molecule has 0 N–H and O–H groups in total. The first kappa shape index (κ1) is 24.5. The summed E-state index contributed by atoms with van der Waals surface area (Å²) in [5.41, 5.74) is 1.80. The number of anilines is 1. The lowest BCUT2D eigenvalue weighted by Crippen LogP contribution is -2.49. The molecule has 3 aromatic rings. The molecule has 5 nitrogen and oxygen atoms in total. The average Bonchev–Trinajstić information content (AvgIpc) is 2.78. The van der Waals surface area contributed by atoms with Gasteiger partial charge in [0.1, 0.15) is 11.0 Å². The third kappa shape index (κ3) is 5.39.